The van der Waals surface area contributed by atoms with Gasteiger partial charge in [0.15, 0.2) is 0 Å². The second-order valence-corrected chi connectivity index (χ2v) is 13.1. The van der Waals surface area contributed by atoms with Gasteiger partial charge in [-0.1, -0.05) is 187 Å². The minimum atomic E-state index is -0.806. The fraction of sp³-hybridized carbons (Fsp3) is 0.947. The molecule has 0 aliphatic carbocycles. The third-order valence-corrected chi connectivity index (χ3v) is 8.84. The Bertz CT molecular complexity index is 561. The maximum absolute atomic E-state index is 12.4. The van der Waals surface area contributed by atoms with Crippen LogP contribution < -0.4 is 0 Å². The lowest BCUT2D eigenvalue weighted by atomic mass is 10.0. The van der Waals surface area contributed by atoms with Crippen LogP contribution in [0.1, 0.15) is 226 Å². The topological polar surface area (TPSA) is 63.6 Å². The van der Waals surface area contributed by atoms with Crippen LogP contribution in [0.4, 0.5) is 0 Å². The smallest absolute Gasteiger partial charge is 0.306 e. The summed E-state index contributed by atoms with van der Waals surface area (Å²) < 4.78 is 5.73. The number of hydrogen-bond acceptors (Lipinski definition) is 3. The van der Waals surface area contributed by atoms with Gasteiger partial charge < -0.3 is 9.84 Å². The third-order valence-electron chi connectivity index (χ3n) is 8.84. The Morgan fingerprint density at radius 1 is 0.429 bits per heavy atom. The largest absolute Gasteiger partial charge is 0.481 e. The van der Waals surface area contributed by atoms with Crippen molar-refractivity contribution in [2.24, 2.45) is 0 Å². The quantitative estimate of drug-likeness (QED) is 0.0585. The molecule has 1 unspecified atom stereocenters. The van der Waals surface area contributed by atoms with E-state index in [1.54, 1.807) is 0 Å². The summed E-state index contributed by atoms with van der Waals surface area (Å²) in [6, 6.07) is 0. The second-order valence-electron chi connectivity index (χ2n) is 13.1. The summed E-state index contributed by atoms with van der Waals surface area (Å²) in [6.07, 6.45) is 39.7. The van der Waals surface area contributed by atoms with Gasteiger partial charge in [0.25, 0.3) is 0 Å². The molecule has 0 heterocycles. The number of carboxylic acid groups (broad SMARTS) is 1. The predicted molar refractivity (Wildman–Crippen MR) is 181 cm³/mol. The molecule has 42 heavy (non-hydrogen) atoms. The lowest BCUT2D eigenvalue weighted by Crippen LogP contribution is -2.19. The summed E-state index contributed by atoms with van der Waals surface area (Å²) in [6.45, 7) is 4.55. The average molecular weight is 595 g/mol. The Morgan fingerprint density at radius 2 is 0.738 bits per heavy atom. The first-order valence-electron chi connectivity index (χ1n) is 19.0. The molecule has 1 atom stereocenters. The number of unbranched alkanes of at least 4 members (excludes halogenated alkanes) is 27. The van der Waals surface area contributed by atoms with Crippen molar-refractivity contribution >= 4 is 11.9 Å². The van der Waals surface area contributed by atoms with Crippen LogP contribution in [0.15, 0.2) is 0 Å². The molecule has 250 valence electrons. The van der Waals surface area contributed by atoms with Gasteiger partial charge in [-0.05, 0) is 25.7 Å². The zero-order valence-electron chi connectivity index (χ0n) is 28.6. The predicted octanol–water partition coefficient (Wildman–Crippen LogP) is 12.9. The zero-order valence-corrected chi connectivity index (χ0v) is 28.6. The molecule has 0 spiro atoms. The van der Waals surface area contributed by atoms with Crippen LogP contribution in [0, 0.1) is 0 Å². The van der Waals surface area contributed by atoms with E-state index >= 15 is 0 Å². The van der Waals surface area contributed by atoms with Crippen LogP contribution in [-0.2, 0) is 14.3 Å². The molecule has 0 bridgehead atoms. The molecule has 0 radical (unpaired) electrons. The van der Waals surface area contributed by atoms with Gasteiger partial charge in [-0.3, -0.25) is 9.59 Å². The SMILES string of the molecule is CCCCCCCCCCCCCCCCCC(=O)OC(CCCCCCCCCCCCCCCC)CCC(=O)O. The van der Waals surface area contributed by atoms with Crippen molar-refractivity contribution in [1.82, 2.24) is 0 Å². The van der Waals surface area contributed by atoms with Gasteiger partial charge in [0, 0.05) is 12.8 Å². The van der Waals surface area contributed by atoms with Gasteiger partial charge in [-0.15, -0.1) is 0 Å². The van der Waals surface area contributed by atoms with Gasteiger partial charge in [0.05, 0.1) is 0 Å². The van der Waals surface area contributed by atoms with E-state index in [4.69, 9.17) is 9.84 Å². The number of carboxylic acids is 1. The zero-order chi connectivity index (χ0) is 30.8. The number of carbonyl (C=O) groups excluding carboxylic acids is 1. The Labute approximate surface area is 262 Å². The summed E-state index contributed by atoms with van der Waals surface area (Å²) in [4.78, 5) is 23.5. The number of rotatable bonds is 35. The molecule has 0 rings (SSSR count). The molecule has 0 aromatic rings. The van der Waals surface area contributed by atoms with Crippen molar-refractivity contribution in [3.63, 3.8) is 0 Å². The number of esters is 1. The number of aliphatic carboxylic acids is 1. The minimum absolute atomic E-state index is 0.0789. The molecule has 1 N–H and O–H groups in total. The summed E-state index contributed by atoms with van der Waals surface area (Å²) >= 11 is 0. The van der Waals surface area contributed by atoms with Crippen molar-refractivity contribution in [1.29, 1.82) is 0 Å². The van der Waals surface area contributed by atoms with Gasteiger partial charge in [-0.25, -0.2) is 0 Å². The van der Waals surface area contributed by atoms with E-state index in [-0.39, 0.29) is 18.5 Å². The van der Waals surface area contributed by atoms with E-state index in [0.29, 0.717) is 12.8 Å². The number of hydrogen-bond donors (Lipinski definition) is 1. The lowest BCUT2D eigenvalue weighted by molar-refractivity contribution is -0.151. The highest BCUT2D eigenvalue weighted by atomic mass is 16.5. The van der Waals surface area contributed by atoms with Gasteiger partial charge in [-0.2, -0.15) is 0 Å². The normalized spacial score (nSPS) is 12.0. The molecule has 0 aromatic carbocycles. The van der Waals surface area contributed by atoms with E-state index < -0.39 is 5.97 Å². The fourth-order valence-corrected chi connectivity index (χ4v) is 6.00. The molecule has 0 aliphatic rings. The van der Waals surface area contributed by atoms with Crippen LogP contribution >= 0.6 is 0 Å². The van der Waals surface area contributed by atoms with Crippen LogP contribution in [0.5, 0.6) is 0 Å². The highest BCUT2D eigenvalue weighted by Crippen LogP contribution is 2.18. The Morgan fingerprint density at radius 3 is 1.07 bits per heavy atom. The van der Waals surface area contributed by atoms with Gasteiger partial charge >= 0.3 is 11.9 Å². The van der Waals surface area contributed by atoms with Gasteiger partial charge in [0.1, 0.15) is 6.10 Å². The Kier molecular flexibility index (Phi) is 33.6. The lowest BCUT2D eigenvalue weighted by Gasteiger charge is -2.17. The van der Waals surface area contributed by atoms with Crippen molar-refractivity contribution in [2.75, 3.05) is 0 Å². The monoisotopic (exact) mass is 595 g/mol. The molecule has 4 nitrogen and oxygen atoms in total. The molecule has 0 fully saturated rings. The molecule has 0 saturated heterocycles. The molecule has 0 aliphatic heterocycles. The molecule has 0 saturated carbocycles. The Balaban J connectivity index is 3.69. The number of ether oxygens (including phenoxy) is 1. The first kappa shape index (κ1) is 40.9. The van der Waals surface area contributed by atoms with Crippen LogP contribution in [-0.4, -0.2) is 23.1 Å². The van der Waals surface area contributed by atoms with Crippen LogP contribution in [0.2, 0.25) is 0 Å². The summed E-state index contributed by atoms with van der Waals surface area (Å²) in [5.41, 5.74) is 0. The average Bonchev–Trinajstić information content (AvgIpc) is 2.97. The van der Waals surface area contributed by atoms with Crippen molar-refractivity contribution in [3.8, 4) is 0 Å². The van der Waals surface area contributed by atoms with E-state index in [1.165, 1.54) is 161 Å². The first-order chi connectivity index (χ1) is 20.6. The van der Waals surface area contributed by atoms with E-state index in [2.05, 4.69) is 13.8 Å². The van der Waals surface area contributed by atoms with Crippen molar-refractivity contribution in [2.45, 2.75) is 232 Å². The van der Waals surface area contributed by atoms with Gasteiger partial charge in [0.2, 0.25) is 0 Å². The first-order valence-corrected chi connectivity index (χ1v) is 19.0. The van der Waals surface area contributed by atoms with Crippen LogP contribution in [0.3, 0.4) is 0 Å². The number of carbonyl (C=O) groups is 2. The highest BCUT2D eigenvalue weighted by Gasteiger charge is 2.16. The fourth-order valence-electron chi connectivity index (χ4n) is 6.00. The van der Waals surface area contributed by atoms with Crippen LogP contribution in [0.25, 0.3) is 0 Å². The molecular weight excluding hydrogens is 520 g/mol. The minimum Gasteiger partial charge on any atom is -0.481 e. The third kappa shape index (κ3) is 33.4. The summed E-state index contributed by atoms with van der Waals surface area (Å²) in [5, 5.41) is 9.10. The molecule has 4 heteroatoms. The van der Waals surface area contributed by atoms with E-state index in [1.807, 2.05) is 0 Å². The molecular formula is C38H74O4. The molecule has 0 aromatic heterocycles. The van der Waals surface area contributed by atoms with Crippen molar-refractivity contribution in [3.05, 3.63) is 0 Å². The summed E-state index contributed by atoms with van der Waals surface area (Å²) in [7, 11) is 0. The standard InChI is InChI=1S/C38H74O4/c1-3-5-7-9-11-13-15-17-19-21-23-25-27-29-31-33-38(41)42-36(34-35-37(39)40)32-30-28-26-24-22-20-18-16-14-12-10-8-6-4-2/h36H,3-35H2,1-2H3,(H,39,40). The maximum atomic E-state index is 12.4. The molecule has 0 amide bonds. The Hall–Kier alpha value is -1.06. The van der Waals surface area contributed by atoms with Crippen molar-refractivity contribution < 1.29 is 19.4 Å². The second kappa shape index (κ2) is 34.4. The maximum Gasteiger partial charge on any atom is 0.306 e. The summed E-state index contributed by atoms with van der Waals surface area (Å²) in [5.74, 6) is -0.940. The van der Waals surface area contributed by atoms with E-state index in [9.17, 15) is 9.59 Å². The highest BCUT2D eigenvalue weighted by molar-refractivity contribution is 5.69. The van der Waals surface area contributed by atoms with E-state index in [0.717, 1.165) is 32.1 Å².